The van der Waals surface area contributed by atoms with E-state index in [9.17, 15) is 14.0 Å². The predicted octanol–water partition coefficient (Wildman–Crippen LogP) is 3.85. The Bertz CT molecular complexity index is 807. The lowest BCUT2D eigenvalue weighted by molar-refractivity contribution is -0.123. The number of rotatable bonds is 2. The molecule has 3 rings (SSSR count). The monoisotopic (exact) mass is 332 g/mol. The molecule has 1 atom stereocenters. The van der Waals surface area contributed by atoms with Crippen molar-refractivity contribution in [2.45, 2.75) is 19.3 Å². The molecule has 2 N–H and O–H groups in total. The van der Waals surface area contributed by atoms with E-state index in [1.807, 2.05) is 6.92 Å². The minimum atomic E-state index is -0.667. The summed E-state index contributed by atoms with van der Waals surface area (Å²) in [7, 11) is 0. The highest BCUT2D eigenvalue weighted by molar-refractivity contribution is 6.31. The summed E-state index contributed by atoms with van der Waals surface area (Å²) in [5, 5.41) is 5.89. The SMILES string of the molecule is Cc1ccc(NC(=O)[C@H]2CC(=O)Nc3cc(F)ccc32)cc1Cl. The van der Waals surface area contributed by atoms with Crippen LogP contribution in [-0.2, 0) is 9.59 Å². The first kappa shape index (κ1) is 15.5. The summed E-state index contributed by atoms with van der Waals surface area (Å²) in [6.07, 6.45) is 0.0179. The van der Waals surface area contributed by atoms with Crippen LogP contribution < -0.4 is 10.6 Å². The molecule has 4 nitrogen and oxygen atoms in total. The molecule has 2 aromatic carbocycles. The Labute approximate surface area is 137 Å². The maximum absolute atomic E-state index is 13.3. The number of amides is 2. The highest BCUT2D eigenvalue weighted by atomic mass is 35.5. The third kappa shape index (κ3) is 3.19. The molecular weight excluding hydrogens is 319 g/mol. The van der Waals surface area contributed by atoms with Crippen molar-refractivity contribution in [3.8, 4) is 0 Å². The fourth-order valence-corrected chi connectivity index (χ4v) is 2.75. The van der Waals surface area contributed by atoms with Crippen molar-refractivity contribution < 1.29 is 14.0 Å². The lowest BCUT2D eigenvalue weighted by Crippen LogP contribution is -2.30. The molecular formula is C17H14ClFN2O2. The van der Waals surface area contributed by atoms with Crippen molar-refractivity contribution in [1.29, 1.82) is 0 Å². The molecule has 0 radical (unpaired) electrons. The number of hydrogen-bond acceptors (Lipinski definition) is 2. The van der Waals surface area contributed by atoms with Crippen LogP contribution in [0.3, 0.4) is 0 Å². The molecule has 1 aliphatic rings. The van der Waals surface area contributed by atoms with Crippen molar-refractivity contribution in [3.05, 3.63) is 58.4 Å². The van der Waals surface area contributed by atoms with Gasteiger partial charge >= 0.3 is 0 Å². The van der Waals surface area contributed by atoms with Crippen LogP contribution in [0.1, 0.15) is 23.5 Å². The molecule has 0 aliphatic carbocycles. The largest absolute Gasteiger partial charge is 0.326 e. The summed E-state index contributed by atoms with van der Waals surface area (Å²) in [6.45, 7) is 1.87. The Hall–Kier alpha value is -2.40. The highest BCUT2D eigenvalue weighted by Crippen LogP contribution is 2.33. The Morgan fingerprint density at radius 1 is 1.30 bits per heavy atom. The van der Waals surface area contributed by atoms with Crippen LogP contribution in [0.2, 0.25) is 5.02 Å². The fourth-order valence-electron chi connectivity index (χ4n) is 2.57. The van der Waals surface area contributed by atoms with Crippen LogP contribution in [0.15, 0.2) is 36.4 Å². The number of anilines is 2. The summed E-state index contributed by atoms with van der Waals surface area (Å²) in [5.74, 6) is -1.77. The van der Waals surface area contributed by atoms with Gasteiger partial charge in [0.15, 0.2) is 0 Å². The van der Waals surface area contributed by atoms with Crippen molar-refractivity contribution in [3.63, 3.8) is 0 Å². The standard InChI is InChI=1S/C17H14ClFN2O2/c1-9-2-4-11(7-14(9)18)20-17(23)13-8-16(22)21-15-6-10(19)3-5-12(13)15/h2-7,13H,8H2,1H3,(H,20,23)(H,21,22)/t13-/m0/s1. The van der Waals surface area contributed by atoms with Gasteiger partial charge in [-0.25, -0.2) is 4.39 Å². The molecule has 1 heterocycles. The summed E-state index contributed by atoms with van der Waals surface area (Å²) in [5.41, 5.74) is 2.40. The topological polar surface area (TPSA) is 58.2 Å². The van der Waals surface area contributed by atoms with Gasteiger partial charge in [-0.05, 0) is 42.3 Å². The molecule has 2 amide bonds. The third-order valence-electron chi connectivity index (χ3n) is 3.81. The second-order valence-electron chi connectivity index (χ2n) is 5.49. The van der Waals surface area contributed by atoms with Gasteiger partial charge < -0.3 is 10.6 Å². The van der Waals surface area contributed by atoms with Gasteiger partial charge in [0.25, 0.3) is 0 Å². The van der Waals surface area contributed by atoms with E-state index in [0.29, 0.717) is 22.0 Å². The quantitative estimate of drug-likeness (QED) is 0.877. The van der Waals surface area contributed by atoms with E-state index in [1.165, 1.54) is 18.2 Å². The lowest BCUT2D eigenvalue weighted by atomic mass is 9.89. The number of nitrogens with one attached hydrogen (secondary N) is 2. The summed E-state index contributed by atoms with van der Waals surface area (Å²) in [4.78, 5) is 24.3. The van der Waals surface area contributed by atoms with Crippen molar-refractivity contribution in [2.24, 2.45) is 0 Å². The maximum Gasteiger partial charge on any atom is 0.232 e. The summed E-state index contributed by atoms with van der Waals surface area (Å²) < 4.78 is 13.3. The number of halogens is 2. The van der Waals surface area contributed by atoms with E-state index in [-0.39, 0.29) is 18.2 Å². The molecule has 6 heteroatoms. The Kier molecular flexibility index (Phi) is 4.05. The van der Waals surface area contributed by atoms with Crippen molar-refractivity contribution in [1.82, 2.24) is 0 Å². The Morgan fingerprint density at radius 3 is 2.83 bits per heavy atom. The van der Waals surface area contributed by atoms with Gasteiger partial charge in [0, 0.05) is 22.8 Å². The molecule has 0 fully saturated rings. The molecule has 0 saturated carbocycles. The van der Waals surface area contributed by atoms with E-state index in [2.05, 4.69) is 10.6 Å². The summed E-state index contributed by atoms with van der Waals surface area (Å²) in [6, 6.07) is 9.22. The molecule has 23 heavy (non-hydrogen) atoms. The fraction of sp³-hybridized carbons (Fsp3) is 0.176. The van der Waals surface area contributed by atoms with Crippen LogP contribution in [0.5, 0.6) is 0 Å². The second kappa shape index (κ2) is 6.01. The molecule has 1 aliphatic heterocycles. The van der Waals surface area contributed by atoms with E-state index < -0.39 is 11.7 Å². The van der Waals surface area contributed by atoms with Gasteiger partial charge in [0.2, 0.25) is 11.8 Å². The van der Waals surface area contributed by atoms with E-state index in [4.69, 9.17) is 11.6 Å². The van der Waals surface area contributed by atoms with Gasteiger partial charge in [0.05, 0.1) is 5.92 Å². The number of fused-ring (bicyclic) bond motifs is 1. The number of carbonyl (C=O) groups is 2. The van der Waals surface area contributed by atoms with Crippen LogP contribution >= 0.6 is 11.6 Å². The van der Waals surface area contributed by atoms with Crippen molar-refractivity contribution in [2.75, 3.05) is 10.6 Å². The van der Waals surface area contributed by atoms with Gasteiger partial charge in [-0.15, -0.1) is 0 Å². The predicted molar refractivity (Wildman–Crippen MR) is 87.2 cm³/mol. The minimum Gasteiger partial charge on any atom is -0.326 e. The van der Waals surface area contributed by atoms with Crippen LogP contribution in [0, 0.1) is 12.7 Å². The van der Waals surface area contributed by atoms with Crippen LogP contribution in [0.25, 0.3) is 0 Å². The zero-order chi connectivity index (χ0) is 16.6. The van der Waals surface area contributed by atoms with Crippen molar-refractivity contribution >= 4 is 34.8 Å². The second-order valence-corrected chi connectivity index (χ2v) is 5.90. The average Bonchev–Trinajstić information content (AvgIpc) is 2.49. The average molecular weight is 333 g/mol. The molecule has 0 unspecified atom stereocenters. The van der Waals surface area contributed by atoms with E-state index in [0.717, 1.165) is 5.56 Å². The molecule has 2 aromatic rings. The normalized spacial score (nSPS) is 16.5. The first-order chi connectivity index (χ1) is 10.9. The minimum absolute atomic E-state index is 0.0179. The zero-order valence-corrected chi connectivity index (χ0v) is 13.1. The Balaban J connectivity index is 1.87. The van der Waals surface area contributed by atoms with Crippen LogP contribution in [-0.4, -0.2) is 11.8 Å². The number of benzene rings is 2. The highest BCUT2D eigenvalue weighted by Gasteiger charge is 2.31. The molecule has 0 spiro atoms. The zero-order valence-electron chi connectivity index (χ0n) is 12.3. The number of aryl methyl sites for hydroxylation is 1. The third-order valence-corrected chi connectivity index (χ3v) is 4.22. The van der Waals surface area contributed by atoms with Gasteiger partial charge in [-0.1, -0.05) is 23.7 Å². The maximum atomic E-state index is 13.3. The van der Waals surface area contributed by atoms with Gasteiger partial charge in [-0.2, -0.15) is 0 Å². The molecule has 0 bridgehead atoms. The number of hydrogen-bond donors (Lipinski definition) is 2. The Morgan fingerprint density at radius 2 is 2.09 bits per heavy atom. The smallest absolute Gasteiger partial charge is 0.232 e. The van der Waals surface area contributed by atoms with E-state index >= 15 is 0 Å². The lowest BCUT2D eigenvalue weighted by Gasteiger charge is -2.25. The van der Waals surface area contributed by atoms with Gasteiger partial charge in [-0.3, -0.25) is 9.59 Å². The number of carbonyl (C=O) groups excluding carboxylic acids is 2. The molecule has 118 valence electrons. The summed E-state index contributed by atoms with van der Waals surface area (Å²) >= 11 is 6.05. The molecule has 0 aromatic heterocycles. The van der Waals surface area contributed by atoms with Crippen LogP contribution in [0.4, 0.5) is 15.8 Å². The van der Waals surface area contributed by atoms with Gasteiger partial charge in [0.1, 0.15) is 5.82 Å². The van der Waals surface area contributed by atoms with E-state index in [1.54, 1.807) is 18.2 Å². The first-order valence-corrected chi connectivity index (χ1v) is 7.48. The molecule has 0 saturated heterocycles. The first-order valence-electron chi connectivity index (χ1n) is 7.10.